The maximum absolute atomic E-state index is 11.6. The predicted molar refractivity (Wildman–Crippen MR) is 69.5 cm³/mol. The van der Waals surface area contributed by atoms with Crippen LogP contribution in [0, 0.1) is 5.41 Å². The zero-order chi connectivity index (χ0) is 15.8. The molecule has 98 valence electrons. The van der Waals surface area contributed by atoms with Gasteiger partial charge in [-0.25, -0.2) is 0 Å². The summed E-state index contributed by atoms with van der Waals surface area (Å²) in [5.74, 6) is -1.06. The quantitative estimate of drug-likeness (QED) is 0.827. The van der Waals surface area contributed by atoms with E-state index < -0.39 is 24.5 Å². The highest BCUT2D eigenvalue weighted by molar-refractivity contribution is 6.33. The van der Waals surface area contributed by atoms with Crippen LogP contribution < -0.4 is 5.73 Å². The Balaban J connectivity index is 2.45. The van der Waals surface area contributed by atoms with Crippen LogP contribution in [0.3, 0.4) is 0 Å². The van der Waals surface area contributed by atoms with Crippen LogP contribution in [-0.4, -0.2) is 18.1 Å². The highest BCUT2D eigenvalue weighted by Gasteiger charge is 2.51. The van der Waals surface area contributed by atoms with Crippen LogP contribution in [0.4, 0.5) is 5.69 Å². The third kappa shape index (κ3) is 1.95. The molecule has 1 fully saturated rings. The summed E-state index contributed by atoms with van der Waals surface area (Å²) in [6.07, 6.45) is 0.365. The number of carboxylic acid groups (broad SMARTS) is 1. The first kappa shape index (κ1) is 9.64. The third-order valence-electron chi connectivity index (χ3n) is 3.61. The molecule has 1 atom stereocenters. The van der Waals surface area contributed by atoms with E-state index in [2.05, 4.69) is 0 Å². The number of carboxylic acids is 1. The Labute approximate surface area is 115 Å². The maximum Gasteiger partial charge on any atom is 0.312 e. The Morgan fingerprint density at radius 2 is 2.39 bits per heavy atom. The van der Waals surface area contributed by atoms with Gasteiger partial charge in [0.25, 0.3) is 0 Å². The molecule has 3 N–H and O–H groups in total. The lowest BCUT2D eigenvalue weighted by atomic mass is 9.63. The van der Waals surface area contributed by atoms with Crippen LogP contribution in [0.15, 0.2) is 18.2 Å². The molecule has 1 aliphatic carbocycles. The van der Waals surface area contributed by atoms with Crippen molar-refractivity contribution in [2.75, 3.05) is 12.8 Å². The van der Waals surface area contributed by atoms with Gasteiger partial charge in [0.1, 0.15) is 0 Å². The van der Waals surface area contributed by atoms with E-state index in [1.807, 2.05) is 0 Å². The molecule has 0 bridgehead atoms. The van der Waals surface area contributed by atoms with Crippen molar-refractivity contribution in [3.8, 4) is 0 Å². The third-order valence-corrected chi connectivity index (χ3v) is 3.96. The lowest BCUT2D eigenvalue weighted by Crippen LogP contribution is -2.44. The molecule has 0 saturated heterocycles. The van der Waals surface area contributed by atoms with E-state index >= 15 is 0 Å². The highest BCUT2D eigenvalue weighted by atomic mass is 35.5. The fourth-order valence-corrected chi connectivity index (χ4v) is 2.49. The number of hydrogen-bond donors (Lipinski definition) is 2. The fourth-order valence-electron chi connectivity index (χ4n) is 2.37. The zero-order valence-corrected chi connectivity index (χ0v) is 10.4. The first-order valence-electron chi connectivity index (χ1n) is 7.12. The van der Waals surface area contributed by atoms with Crippen LogP contribution in [-0.2, 0) is 9.53 Å². The molecule has 1 saturated carbocycles. The molecule has 0 aliphatic heterocycles. The summed E-state index contributed by atoms with van der Waals surface area (Å²) in [6, 6.07) is 4.54. The Kier molecular flexibility index (Phi) is 2.56. The number of nitrogen functional groups attached to an aromatic ring is 1. The van der Waals surface area contributed by atoms with Gasteiger partial charge in [-0.3, -0.25) is 4.79 Å². The molecule has 18 heavy (non-hydrogen) atoms. The van der Waals surface area contributed by atoms with Gasteiger partial charge in [0, 0.05) is 7.04 Å². The standard InChI is InChI=1S/C13H16ClNO3/c1-18-11(13(12(16)17)5-2-6-13)8-3-4-9(14)10(15)7-8/h3-4,7,11H,2,5-6,15H2,1H3,(H,16,17)/i1D3. The van der Waals surface area contributed by atoms with Crippen LogP contribution in [0.1, 0.15) is 35.0 Å². The lowest BCUT2D eigenvalue weighted by Gasteiger charge is -2.43. The Hall–Kier alpha value is -1.26. The van der Waals surface area contributed by atoms with Gasteiger partial charge in [-0.1, -0.05) is 24.1 Å². The first-order chi connectivity index (χ1) is 9.66. The topological polar surface area (TPSA) is 72.5 Å². The monoisotopic (exact) mass is 272 g/mol. The molecule has 0 spiro atoms. The number of halogens is 1. The molecule has 0 aromatic heterocycles. The van der Waals surface area contributed by atoms with E-state index in [1.165, 1.54) is 12.1 Å². The van der Waals surface area contributed by atoms with Crippen molar-refractivity contribution in [1.29, 1.82) is 0 Å². The molecular formula is C13H16ClNO3. The smallest absolute Gasteiger partial charge is 0.312 e. The van der Waals surface area contributed by atoms with Gasteiger partial charge in [-0.15, -0.1) is 0 Å². The van der Waals surface area contributed by atoms with Gasteiger partial charge >= 0.3 is 5.97 Å². The van der Waals surface area contributed by atoms with Crippen LogP contribution in [0.2, 0.25) is 5.02 Å². The zero-order valence-electron chi connectivity index (χ0n) is 12.6. The highest BCUT2D eigenvalue weighted by Crippen LogP contribution is 2.52. The normalized spacial score (nSPS) is 22.2. The Morgan fingerprint density at radius 3 is 2.83 bits per heavy atom. The number of hydrogen-bond acceptors (Lipinski definition) is 3. The molecule has 0 amide bonds. The summed E-state index contributed by atoms with van der Waals surface area (Å²) in [5.41, 5.74) is 5.17. The minimum atomic E-state index is -2.70. The molecule has 1 unspecified atom stereocenters. The van der Waals surface area contributed by atoms with E-state index in [0.717, 1.165) is 6.42 Å². The van der Waals surface area contributed by atoms with Crippen molar-refractivity contribution >= 4 is 23.3 Å². The molecule has 2 rings (SSSR count). The number of carbonyl (C=O) groups is 1. The van der Waals surface area contributed by atoms with E-state index in [9.17, 15) is 9.90 Å². The molecule has 5 heteroatoms. The Bertz CT molecular complexity index is 558. The second-order valence-electron chi connectivity index (χ2n) is 4.59. The lowest BCUT2D eigenvalue weighted by molar-refractivity contribution is -0.169. The maximum atomic E-state index is 11.6. The van der Waals surface area contributed by atoms with Gasteiger partial charge in [0.2, 0.25) is 0 Å². The van der Waals surface area contributed by atoms with Crippen molar-refractivity contribution in [2.45, 2.75) is 25.4 Å². The minimum absolute atomic E-state index is 0.258. The van der Waals surface area contributed by atoms with Gasteiger partial charge in [-0.2, -0.15) is 0 Å². The van der Waals surface area contributed by atoms with Crippen LogP contribution in [0.25, 0.3) is 0 Å². The largest absolute Gasteiger partial charge is 0.481 e. The average molecular weight is 273 g/mol. The number of anilines is 1. The van der Waals surface area contributed by atoms with Crippen LogP contribution in [0.5, 0.6) is 0 Å². The average Bonchev–Trinajstić information content (AvgIpc) is 2.28. The second-order valence-corrected chi connectivity index (χ2v) is 5.00. The second kappa shape index (κ2) is 4.78. The number of nitrogens with two attached hydrogens (primary N) is 1. The number of aliphatic carboxylic acids is 1. The van der Waals surface area contributed by atoms with Gasteiger partial charge in [-0.05, 0) is 30.5 Å². The number of methoxy groups -OCH3 is 1. The number of benzene rings is 1. The van der Waals surface area contributed by atoms with Gasteiger partial charge < -0.3 is 15.6 Å². The van der Waals surface area contributed by atoms with E-state index in [0.29, 0.717) is 23.4 Å². The summed E-state index contributed by atoms with van der Waals surface area (Å²) >= 11 is 5.85. The number of ether oxygens (including phenoxy) is 1. The molecule has 1 aliphatic rings. The van der Waals surface area contributed by atoms with Crippen LogP contribution >= 0.6 is 11.6 Å². The van der Waals surface area contributed by atoms with E-state index in [1.54, 1.807) is 6.07 Å². The van der Waals surface area contributed by atoms with Gasteiger partial charge in [0.15, 0.2) is 0 Å². The molecule has 1 aromatic carbocycles. The van der Waals surface area contributed by atoms with Crippen molar-refractivity contribution < 1.29 is 18.8 Å². The summed E-state index contributed by atoms with van der Waals surface area (Å²) in [7, 11) is -2.70. The molecule has 1 aromatic rings. The molecular weight excluding hydrogens is 254 g/mol. The number of rotatable bonds is 4. The molecule has 4 nitrogen and oxygen atoms in total. The van der Waals surface area contributed by atoms with Crippen molar-refractivity contribution in [3.05, 3.63) is 28.8 Å². The minimum Gasteiger partial charge on any atom is -0.481 e. The first-order valence-corrected chi connectivity index (χ1v) is 6.00. The fraction of sp³-hybridized carbons (Fsp3) is 0.462. The van der Waals surface area contributed by atoms with Gasteiger partial charge in [0.05, 0.1) is 26.3 Å². The molecule has 0 radical (unpaired) electrons. The van der Waals surface area contributed by atoms with Crippen molar-refractivity contribution in [2.24, 2.45) is 5.41 Å². The summed E-state index contributed by atoms with van der Waals surface area (Å²) in [5, 5.41) is 9.84. The molecule has 0 heterocycles. The van der Waals surface area contributed by atoms with E-state index in [4.69, 9.17) is 26.2 Å². The summed E-state index contributed by atoms with van der Waals surface area (Å²) in [6.45, 7) is 0. The summed E-state index contributed by atoms with van der Waals surface area (Å²) < 4.78 is 27.0. The Morgan fingerprint density at radius 1 is 1.67 bits per heavy atom. The predicted octanol–water partition coefficient (Wildman–Crippen LogP) is 2.86. The van der Waals surface area contributed by atoms with Crippen molar-refractivity contribution in [1.82, 2.24) is 0 Å². The van der Waals surface area contributed by atoms with E-state index in [-0.39, 0.29) is 5.69 Å². The summed E-state index contributed by atoms with van der Waals surface area (Å²) in [4.78, 5) is 11.6. The SMILES string of the molecule is [2H]C([2H])([2H])OC(c1ccc(Cl)c(N)c1)C1(C(=O)O)CCC1. The van der Waals surface area contributed by atoms with Crippen molar-refractivity contribution in [3.63, 3.8) is 0 Å².